The van der Waals surface area contributed by atoms with Gasteiger partial charge in [-0.25, -0.2) is 0 Å². The Morgan fingerprint density at radius 1 is 1.15 bits per heavy atom. The van der Waals surface area contributed by atoms with Gasteiger partial charge < -0.3 is 20.1 Å². The molecule has 8 heteroatoms. The molecule has 1 aromatic carbocycles. The summed E-state index contributed by atoms with van der Waals surface area (Å²) in [6.45, 7) is 0.340. The summed E-state index contributed by atoms with van der Waals surface area (Å²) in [6, 6.07) is 8.66. The molecule has 1 aliphatic rings. The maximum absolute atomic E-state index is 12.5. The normalized spacial score (nSPS) is 17.7. The van der Waals surface area contributed by atoms with Gasteiger partial charge in [0.15, 0.2) is 0 Å². The van der Waals surface area contributed by atoms with Crippen LogP contribution in [0, 0.1) is 11.8 Å². The van der Waals surface area contributed by atoms with Crippen molar-refractivity contribution >= 4 is 29.1 Å². The maximum Gasteiger partial charge on any atom is 0.228 e. The van der Waals surface area contributed by atoms with E-state index in [4.69, 9.17) is 21.1 Å². The number of ether oxygens (including phenoxy) is 2. The number of carbonyl (C=O) groups is 2. The Morgan fingerprint density at radius 2 is 1.89 bits per heavy atom. The molecule has 27 heavy (non-hydrogen) atoms. The number of rotatable bonds is 7. The van der Waals surface area contributed by atoms with Crippen molar-refractivity contribution in [2.24, 2.45) is 11.8 Å². The van der Waals surface area contributed by atoms with E-state index in [0.717, 1.165) is 5.69 Å². The molecule has 1 saturated carbocycles. The summed E-state index contributed by atoms with van der Waals surface area (Å²) in [5.74, 6) is -0.259. The topological polar surface area (TPSA) is 89.5 Å². The molecular formula is C19H20ClN3O4. The molecule has 0 radical (unpaired) electrons. The first-order valence-corrected chi connectivity index (χ1v) is 8.81. The van der Waals surface area contributed by atoms with Crippen LogP contribution in [0.3, 0.4) is 0 Å². The predicted octanol–water partition coefficient (Wildman–Crippen LogP) is 2.64. The molecule has 2 aromatic rings. The predicted molar refractivity (Wildman–Crippen MR) is 101 cm³/mol. The highest BCUT2D eigenvalue weighted by Gasteiger charge is 2.48. The second-order valence-corrected chi connectivity index (χ2v) is 6.57. The van der Waals surface area contributed by atoms with Crippen LogP contribution in [0.5, 0.6) is 11.5 Å². The molecule has 1 heterocycles. The lowest BCUT2D eigenvalue weighted by atomic mass is 10.2. The number of nitrogens with zero attached hydrogens (tertiary/aromatic N) is 1. The fourth-order valence-electron chi connectivity index (χ4n) is 2.77. The lowest BCUT2D eigenvalue weighted by Crippen LogP contribution is -2.27. The van der Waals surface area contributed by atoms with E-state index in [0.29, 0.717) is 35.2 Å². The first-order chi connectivity index (χ1) is 13.0. The van der Waals surface area contributed by atoms with Crippen LogP contribution in [0.15, 0.2) is 36.5 Å². The molecule has 1 aliphatic carbocycles. The molecular weight excluding hydrogens is 370 g/mol. The fraction of sp³-hybridized carbons (Fsp3) is 0.316. The highest BCUT2D eigenvalue weighted by Crippen LogP contribution is 2.41. The van der Waals surface area contributed by atoms with E-state index in [2.05, 4.69) is 15.6 Å². The van der Waals surface area contributed by atoms with E-state index in [1.54, 1.807) is 18.3 Å². The van der Waals surface area contributed by atoms with Gasteiger partial charge in [-0.1, -0.05) is 17.7 Å². The number of amides is 2. The summed E-state index contributed by atoms with van der Waals surface area (Å²) >= 11 is 6.07. The van der Waals surface area contributed by atoms with E-state index in [9.17, 15) is 9.59 Å². The minimum absolute atomic E-state index is 0.151. The number of halogens is 1. The molecule has 7 nitrogen and oxygen atoms in total. The van der Waals surface area contributed by atoms with Crippen molar-refractivity contribution in [3.8, 4) is 11.5 Å². The molecule has 0 bridgehead atoms. The average Bonchev–Trinajstić information content (AvgIpc) is 3.49. The van der Waals surface area contributed by atoms with Gasteiger partial charge in [-0.3, -0.25) is 14.6 Å². The first kappa shape index (κ1) is 19.0. The maximum atomic E-state index is 12.5. The van der Waals surface area contributed by atoms with Crippen LogP contribution in [-0.4, -0.2) is 31.0 Å². The Kier molecular flexibility index (Phi) is 5.81. The number of anilines is 1. The third kappa shape index (κ3) is 4.49. The van der Waals surface area contributed by atoms with Crippen molar-refractivity contribution in [1.82, 2.24) is 10.3 Å². The summed E-state index contributed by atoms with van der Waals surface area (Å²) in [4.78, 5) is 28.9. The van der Waals surface area contributed by atoms with Gasteiger partial charge in [-0.15, -0.1) is 0 Å². The number of benzene rings is 1. The number of methoxy groups -OCH3 is 2. The van der Waals surface area contributed by atoms with E-state index in [-0.39, 0.29) is 23.7 Å². The Balaban J connectivity index is 1.58. The summed E-state index contributed by atoms with van der Waals surface area (Å²) in [6.07, 6.45) is 2.18. The summed E-state index contributed by atoms with van der Waals surface area (Å²) in [7, 11) is 2.97. The molecule has 0 saturated heterocycles. The Labute approximate surface area is 162 Å². The second kappa shape index (κ2) is 8.26. The highest BCUT2D eigenvalue weighted by molar-refractivity contribution is 6.32. The lowest BCUT2D eigenvalue weighted by Gasteiger charge is -2.13. The van der Waals surface area contributed by atoms with Crippen LogP contribution < -0.4 is 20.1 Å². The van der Waals surface area contributed by atoms with Crippen LogP contribution in [0.25, 0.3) is 0 Å². The number of pyridine rings is 1. The van der Waals surface area contributed by atoms with Gasteiger partial charge >= 0.3 is 0 Å². The van der Waals surface area contributed by atoms with Crippen LogP contribution in [0.4, 0.5) is 5.69 Å². The van der Waals surface area contributed by atoms with Crippen LogP contribution in [0.1, 0.15) is 12.1 Å². The molecule has 2 atom stereocenters. The van der Waals surface area contributed by atoms with Crippen molar-refractivity contribution in [1.29, 1.82) is 0 Å². The van der Waals surface area contributed by atoms with Gasteiger partial charge in [0.25, 0.3) is 0 Å². The first-order valence-electron chi connectivity index (χ1n) is 8.43. The molecule has 2 N–H and O–H groups in total. The zero-order chi connectivity index (χ0) is 19.4. The zero-order valence-electron chi connectivity index (χ0n) is 15.0. The summed E-state index contributed by atoms with van der Waals surface area (Å²) in [5.41, 5.74) is 1.22. The molecule has 0 aliphatic heterocycles. The number of aromatic nitrogens is 1. The molecule has 2 amide bonds. The fourth-order valence-corrected chi connectivity index (χ4v) is 3.00. The second-order valence-electron chi connectivity index (χ2n) is 6.16. The van der Waals surface area contributed by atoms with Gasteiger partial charge in [0, 0.05) is 18.3 Å². The van der Waals surface area contributed by atoms with Gasteiger partial charge in [-0.05, 0) is 18.6 Å². The van der Waals surface area contributed by atoms with E-state index in [1.807, 2.05) is 18.2 Å². The van der Waals surface area contributed by atoms with Crippen molar-refractivity contribution in [2.45, 2.75) is 13.0 Å². The van der Waals surface area contributed by atoms with Crippen LogP contribution in [0.2, 0.25) is 5.02 Å². The average molecular weight is 390 g/mol. The largest absolute Gasteiger partial charge is 0.495 e. The Bertz CT molecular complexity index is 844. The van der Waals surface area contributed by atoms with Gasteiger partial charge in [0.1, 0.15) is 11.5 Å². The molecule has 2 unspecified atom stereocenters. The lowest BCUT2D eigenvalue weighted by molar-refractivity contribution is -0.125. The molecule has 142 valence electrons. The van der Waals surface area contributed by atoms with Gasteiger partial charge in [0.2, 0.25) is 11.8 Å². The van der Waals surface area contributed by atoms with E-state index >= 15 is 0 Å². The smallest absolute Gasteiger partial charge is 0.228 e. The molecule has 1 fully saturated rings. The summed E-state index contributed by atoms with van der Waals surface area (Å²) in [5, 5.41) is 5.98. The zero-order valence-corrected chi connectivity index (χ0v) is 15.7. The van der Waals surface area contributed by atoms with E-state index < -0.39 is 0 Å². The molecule has 1 aromatic heterocycles. The van der Waals surface area contributed by atoms with Gasteiger partial charge in [-0.2, -0.15) is 0 Å². The summed E-state index contributed by atoms with van der Waals surface area (Å²) < 4.78 is 10.4. The third-order valence-electron chi connectivity index (χ3n) is 4.37. The van der Waals surface area contributed by atoms with Crippen LogP contribution >= 0.6 is 11.6 Å². The molecule has 3 rings (SSSR count). The minimum atomic E-state index is -0.375. The van der Waals surface area contributed by atoms with Crippen molar-refractivity contribution < 1.29 is 19.1 Å². The van der Waals surface area contributed by atoms with E-state index in [1.165, 1.54) is 14.2 Å². The standard InChI is InChI=1S/C19H20ClN3O4/c1-26-16-9-15(17(27-2)8-14(16)20)23-19(25)13-7-12(13)18(24)22-10-11-5-3-4-6-21-11/h3-6,8-9,12-13H,7,10H2,1-2H3,(H,22,24)(H,23,25). The monoisotopic (exact) mass is 389 g/mol. The number of hydrogen-bond donors (Lipinski definition) is 2. The van der Waals surface area contributed by atoms with Crippen molar-refractivity contribution in [3.05, 3.63) is 47.2 Å². The van der Waals surface area contributed by atoms with Crippen molar-refractivity contribution in [2.75, 3.05) is 19.5 Å². The van der Waals surface area contributed by atoms with Gasteiger partial charge in [0.05, 0.1) is 49.0 Å². The SMILES string of the molecule is COc1cc(NC(=O)C2CC2C(=O)NCc2ccccn2)c(OC)cc1Cl. The molecule has 0 spiro atoms. The Morgan fingerprint density at radius 3 is 2.56 bits per heavy atom. The third-order valence-corrected chi connectivity index (χ3v) is 4.66. The van der Waals surface area contributed by atoms with Crippen molar-refractivity contribution in [3.63, 3.8) is 0 Å². The number of nitrogens with one attached hydrogen (secondary N) is 2. The van der Waals surface area contributed by atoms with Crippen LogP contribution in [-0.2, 0) is 16.1 Å². The quantitative estimate of drug-likeness (QED) is 0.759. The highest BCUT2D eigenvalue weighted by atomic mass is 35.5. The Hall–Kier alpha value is -2.80. The minimum Gasteiger partial charge on any atom is -0.495 e. The number of carbonyl (C=O) groups excluding carboxylic acids is 2. The number of hydrogen-bond acceptors (Lipinski definition) is 5.